The van der Waals surface area contributed by atoms with Gasteiger partial charge in [0.1, 0.15) is 5.56 Å². The van der Waals surface area contributed by atoms with Gasteiger partial charge in [-0.1, -0.05) is 18.2 Å². The van der Waals surface area contributed by atoms with E-state index in [-0.39, 0.29) is 22.4 Å². The first-order chi connectivity index (χ1) is 13.6. The van der Waals surface area contributed by atoms with Crippen LogP contribution in [0.5, 0.6) is 0 Å². The molecule has 156 valence electrons. The number of pyridine rings is 1. The second kappa shape index (κ2) is 8.16. The minimum Gasteiger partial charge on any atom is -0.396 e. The molecule has 2 aromatic rings. The predicted octanol–water partition coefficient (Wildman–Crippen LogP) is 3.53. The van der Waals surface area contributed by atoms with Crippen molar-refractivity contribution < 1.29 is 26.7 Å². The lowest BCUT2D eigenvalue weighted by Crippen LogP contribution is -2.22. The number of H-pyrrole nitrogens is 1. The van der Waals surface area contributed by atoms with Gasteiger partial charge in [0, 0.05) is 17.9 Å². The zero-order valence-corrected chi connectivity index (χ0v) is 16.2. The van der Waals surface area contributed by atoms with Crippen molar-refractivity contribution in [2.24, 2.45) is 0 Å². The fourth-order valence-corrected chi connectivity index (χ4v) is 4.63. The fraction of sp³-hybridized carbons (Fsp3) is 0.350. The van der Waals surface area contributed by atoms with Crippen LogP contribution in [-0.2, 0) is 16.0 Å². The summed E-state index contributed by atoms with van der Waals surface area (Å²) in [6.45, 7) is -0.0636. The summed E-state index contributed by atoms with van der Waals surface area (Å²) in [5.74, 6) is 0. The van der Waals surface area contributed by atoms with Crippen LogP contribution >= 0.6 is 0 Å². The molecule has 0 aliphatic heterocycles. The molecule has 1 heterocycles. The van der Waals surface area contributed by atoms with Crippen molar-refractivity contribution in [3.05, 3.63) is 69.6 Å². The number of benzene rings is 1. The van der Waals surface area contributed by atoms with E-state index in [1.165, 1.54) is 18.2 Å². The summed E-state index contributed by atoms with van der Waals surface area (Å²) in [7, 11) is -3.36. The molecule has 0 spiro atoms. The van der Waals surface area contributed by atoms with E-state index in [0.717, 1.165) is 6.07 Å². The molecule has 3 rings (SSSR count). The highest BCUT2D eigenvalue weighted by molar-refractivity contribution is 7.92. The van der Waals surface area contributed by atoms with Crippen molar-refractivity contribution in [2.45, 2.75) is 42.0 Å². The third-order valence-electron chi connectivity index (χ3n) is 4.67. The maximum Gasteiger partial charge on any atom is 0.421 e. The van der Waals surface area contributed by atoms with Gasteiger partial charge in [0.2, 0.25) is 0 Å². The van der Waals surface area contributed by atoms with Crippen LogP contribution < -0.4 is 5.56 Å². The number of hydrogen-bond acceptors (Lipinski definition) is 4. The Balaban J connectivity index is 1.99. The minimum atomic E-state index is -4.76. The molecule has 0 atom stereocenters. The lowest BCUT2D eigenvalue weighted by Gasteiger charge is -2.12. The summed E-state index contributed by atoms with van der Waals surface area (Å²) in [6.07, 6.45) is -0.920. The number of hydrogen-bond donors (Lipinski definition) is 2. The lowest BCUT2D eigenvalue weighted by molar-refractivity contribution is -0.138. The van der Waals surface area contributed by atoms with Crippen molar-refractivity contribution in [3.63, 3.8) is 0 Å². The monoisotopic (exact) mass is 427 g/mol. The van der Waals surface area contributed by atoms with Crippen LogP contribution in [0, 0.1) is 0 Å². The van der Waals surface area contributed by atoms with Gasteiger partial charge >= 0.3 is 6.18 Å². The summed E-state index contributed by atoms with van der Waals surface area (Å²) in [6, 6.07) is 7.95. The Bertz CT molecular complexity index is 1070. The normalized spacial score (nSPS) is 15.5. The van der Waals surface area contributed by atoms with Crippen molar-refractivity contribution in [1.29, 1.82) is 0 Å². The van der Waals surface area contributed by atoms with Gasteiger partial charge in [0.25, 0.3) is 5.56 Å². The smallest absolute Gasteiger partial charge is 0.396 e. The maximum absolute atomic E-state index is 12.9. The molecule has 1 saturated carbocycles. The molecular formula is C20H20F3NO4S. The largest absolute Gasteiger partial charge is 0.421 e. The van der Waals surface area contributed by atoms with E-state index >= 15 is 0 Å². The third-order valence-corrected chi connectivity index (χ3v) is 6.95. The predicted molar refractivity (Wildman–Crippen MR) is 102 cm³/mol. The van der Waals surface area contributed by atoms with Crippen molar-refractivity contribution in [3.8, 4) is 0 Å². The summed E-state index contributed by atoms with van der Waals surface area (Å²) in [5.41, 5.74) is -1.36. The summed E-state index contributed by atoms with van der Waals surface area (Å²) in [5, 5.41) is 8.65. The van der Waals surface area contributed by atoms with Crippen LogP contribution in [0.1, 0.15) is 42.5 Å². The molecule has 2 N–H and O–H groups in total. The van der Waals surface area contributed by atoms with E-state index in [1.54, 1.807) is 18.2 Å². The van der Waals surface area contributed by atoms with Crippen LogP contribution in [0.4, 0.5) is 13.2 Å². The average Bonchev–Trinajstić information content (AvgIpc) is 3.50. The molecule has 1 fully saturated rings. The fourth-order valence-electron chi connectivity index (χ4n) is 2.97. The Morgan fingerprint density at radius 3 is 2.31 bits per heavy atom. The van der Waals surface area contributed by atoms with E-state index < -0.39 is 27.1 Å². The average molecular weight is 427 g/mol. The van der Waals surface area contributed by atoms with Gasteiger partial charge in [-0.05, 0) is 55.5 Å². The van der Waals surface area contributed by atoms with Crippen LogP contribution in [-0.4, -0.2) is 30.4 Å². The van der Waals surface area contributed by atoms with Gasteiger partial charge in [-0.15, -0.1) is 0 Å². The minimum absolute atomic E-state index is 0.0636. The number of unbranched alkanes of at least 4 members (excludes halogenated alkanes) is 1. The summed E-state index contributed by atoms with van der Waals surface area (Å²) >= 11 is 0. The Morgan fingerprint density at radius 2 is 1.79 bits per heavy atom. The van der Waals surface area contributed by atoms with E-state index in [9.17, 15) is 26.4 Å². The maximum atomic E-state index is 12.9. The van der Waals surface area contributed by atoms with Crippen molar-refractivity contribution in [1.82, 2.24) is 4.98 Å². The Morgan fingerprint density at radius 1 is 1.14 bits per heavy atom. The quantitative estimate of drug-likeness (QED) is 0.662. The highest BCUT2D eigenvalue weighted by Crippen LogP contribution is 2.34. The first-order valence-electron chi connectivity index (χ1n) is 9.11. The highest BCUT2D eigenvalue weighted by atomic mass is 32.2. The molecule has 0 bridgehead atoms. The first kappa shape index (κ1) is 21.3. The number of aromatic nitrogens is 1. The molecule has 1 aromatic carbocycles. The molecule has 29 heavy (non-hydrogen) atoms. The Kier molecular flexibility index (Phi) is 6.00. The lowest BCUT2D eigenvalue weighted by atomic mass is 10.00. The molecule has 0 amide bonds. The van der Waals surface area contributed by atoms with Crippen LogP contribution in [0.2, 0.25) is 0 Å². The Labute approximate surface area is 165 Å². The SMILES string of the molecule is O=c1[nH]c(/C(=C\CCCO)c2ccc(S(=O)(=O)C3CC3)cc2)ccc1C(F)(F)F. The van der Waals surface area contributed by atoms with Gasteiger partial charge in [0.15, 0.2) is 9.84 Å². The topological polar surface area (TPSA) is 87.2 Å². The van der Waals surface area contributed by atoms with Gasteiger partial charge in [0.05, 0.1) is 10.1 Å². The van der Waals surface area contributed by atoms with E-state index in [1.807, 2.05) is 0 Å². The molecule has 1 aliphatic carbocycles. The second-order valence-corrected chi connectivity index (χ2v) is 9.09. The van der Waals surface area contributed by atoms with Gasteiger partial charge < -0.3 is 10.1 Å². The molecule has 1 aromatic heterocycles. The zero-order valence-electron chi connectivity index (χ0n) is 15.4. The number of halogens is 3. The zero-order chi connectivity index (χ0) is 21.2. The van der Waals surface area contributed by atoms with E-state index in [0.29, 0.717) is 36.8 Å². The van der Waals surface area contributed by atoms with Crippen LogP contribution in [0.15, 0.2) is 52.2 Å². The molecule has 0 saturated heterocycles. The number of allylic oxidation sites excluding steroid dienone is 1. The molecule has 9 heteroatoms. The second-order valence-electron chi connectivity index (χ2n) is 6.86. The number of aliphatic hydroxyl groups excluding tert-OH is 1. The number of alkyl halides is 3. The van der Waals surface area contributed by atoms with E-state index in [2.05, 4.69) is 4.98 Å². The molecule has 0 unspecified atom stereocenters. The Hall–Kier alpha value is -2.39. The number of rotatable bonds is 7. The molecule has 5 nitrogen and oxygen atoms in total. The van der Waals surface area contributed by atoms with E-state index in [4.69, 9.17) is 5.11 Å². The van der Waals surface area contributed by atoms with Gasteiger partial charge in [-0.3, -0.25) is 4.79 Å². The van der Waals surface area contributed by atoms with Crippen molar-refractivity contribution in [2.75, 3.05) is 6.61 Å². The number of aliphatic hydroxyl groups is 1. The molecule has 1 aliphatic rings. The first-order valence-corrected chi connectivity index (χ1v) is 10.7. The standard InChI is InChI=1S/C20H20F3NO4S/c21-20(22,23)17-10-11-18(24-19(17)26)16(3-1-2-12-25)13-4-6-14(7-5-13)29(27,28)15-8-9-15/h3-7,10-11,15,25H,1-2,8-9,12H2,(H,24,26)/b16-3-. The number of sulfone groups is 1. The van der Waals surface area contributed by atoms with Crippen LogP contribution in [0.25, 0.3) is 5.57 Å². The third kappa shape index (κ3) is 4.79. The summed E-state index contributed by atoms with van der Waals surface area (Å²) < 4.78 is 63.3. The summed E-state index contributed by atoms with van der Waals surface area (Å²) in [4.78, 5) is 14.3. The number of aromatic amines is 1. The van der Waals surface area contributed by atoms with Gasteiger partial charge in [-0.2, -0.15) is 13.2 Å². The number of nitrogens with one attached hydrogen (secondary N) is 1. The van der Waals surface area contributed by atoms with Crippen molar-refractivity contribution >= 4 is 15.4 Å². The molecule has 0 radical (unpaired) electrons. The van der Waals surface area contributed by atoms with Gasteiger partial charge in [-0.25, -0.2) is 8.42 Å². The molecular weight excluding hydrogens is 407 g/mol. The van der Waals surface area contributed by atoms with Crippen LogP contribution in [0.3, 0.4) is 0 Å². The highest BCUT2D eigenvalue weighted by Gasteiger charge is 2.37.